The Labute approximate surface area is 191 Å². The number of halogens is 1. The van der Waals surface area contributed by atoms with Crippen molar-refractivity contribution < 1.29 is 22.6 Å². The summed E-state index contributed by atoms with van der Waals surface area (Å²) < 4.78 is 31.8. The molecular weight excluding hydrogens is 450 g/mol. The number of allylic oxidation sites excluding steroid dienone is 2. The minimum Gasteiger partial charge on any atom is -0.287 e. The number of imidazole rings is 1. The van der Waals surface area contributed by atoms with Gasteiger partial charge in [0.1, 0.15) is 18.1 Å². The smallest absolute Gasteiger partial charge is 0.262 e. The summed E-state index contributed by atoms with van der Waals surface area (Å²) in [6, 6.07) is 11.9. The molecule has 7 nitrogen and oxygen atoms in total. The van der Waals surface area contributed by atoms with Gasteiger partial charge in [-0.25, -0.2) is 13.0 Å². The van der Waals surface area contributed by atoms with Gasteiger partial charge in [0.25, 0.3) is 10.0 Å². The lowest BCUT2D eigenvalue weighted by Crippen LogP contribution is -2.36. The summed E-state index contributed by atoms with van der Waals surface area (Å²) >= 11 is 5.86. The number of hydrogen-bond acceptors (Lipinski definition) is 4. The minimum absolute atomic E-state index is 0.0403. The van der Waals surface area contributed by atoms with E-state index in [4.69, 9.17) is 11.6 Å². The van der Waals surface area contributed by atoms with Gasteiger partial charge in [-0.1, -0.05) is 49.2 Å². The molecule has 0 unspecified atom stereocenters. The van der Waals surface area contributed by atoms with Crippen molar-refractivity contribution in [1.82, 2.24) is 9.29 Å². The van der Waals surface area contributed by atoms with Crippen LogP contribution in [-0.2, 0) is 16.6 Å². The fraction of sp³-hybridized carbons (Fsp3) is 0.174. The van der Waals surface area contributed by atoms with Crippen LogP contribution in [0.5, 0.6) is 0 Å². The van der Waals surface area contributed by atoms with Gasteiger partial charge in [-0.05, 0) is 30.7 Å². The largest absolute Gasteiger partial charge is 0.287 e. The van der Waals surface area contributed by atoms with Crippen molar-refractivity contribution in [2.45, 2.75) is 31.2 Å². The third kappa shape index (κ3) is 4.11. The molecule has 0 spiro atoms. The maximum Gasteiger partial charge on any atom is 0.262 e. The average molecular weight is 471 g/mol. The van der Waals surface area contributed by atoms with Gasteiger partial charge >= 0.3 is 0 Å². The number of benzene rings is 2. The number of sulfonamides is 1. The summed E-state index contributed by atoms with van der Waals surface area (Å²) in [5, 5.41) is 0.380. The van der Waals surface area contributed by atoms with Crippen molar-refractivity contribution in [3.8, 4) is 0 Å². The first-order valence-corrected chi connectivity index (χ1v) is 12.0. The Morgan fingerprint density at radius 2 is 1.66 bits per heavy atom. The van der Waals surface area contributed by atoms with Gasteiger partial charge in [-0.3, -0.25) is 14.3 Å². The number of ketones is 2. The normalized spacial score (nSPS) is 13.9. The van der Waals surface area contributed by atoms with Gasteiger partial charge in [-0.2, -0.15) is 4.57 Å². The highest BCUT2D eigenvalue weighted by molar-refractivity contribution is 7.89. The second-order valence-electron chi connectivity index (χ2n) is 7.40. The number of unbranched alkanes of at least 4 members (excludes halogenated alkanes) is 1. The van der Waals surface area contributed by atoms with Crippen molar-refractivity contribution >= 4 is 38.9 Å². The van der Waals surface area contributed by atoms with Gasteiger partial charge in [0.15, 0.2) is 0 Å². The summed E-state index contributed by atoms with van der Waals surface area (Å²) in [5.41, 5.74) is 0.0557. The Balaban J connectivity index is 1.84. The number of Topliss-reactive ketones (excluding diaryl/α,β-unsaturated/α-hetero) is 2. The molecule has 0 aliphatic heterocycles. The van der Waals surface area contributed by atoms with Gasteiger partial charge in [0.05, 0.1) is 11.4 Å². The SMILES string of the molecule is CCCC[n+]1ccn(C2=C(NS(=O)(=O)c3ccc(Cl)cc3)C(=O)c3ccccc3C2=O)c1. The topological polar surface area (TPSA) is 89.1 Å². The van der Waals surface area contributed by atoms with E-state index in [2.05, 4.69) is 11.6 Å². The molecule has 0 amide bonds. The predicted molar refractivity (Wildman–Crippen MR) is 120 cm³/mol. The lowest BCUT2D eigenvalue weighted by Gasteiger charge is -2.19. The van der Waals surface area contributed by atoms with Crippen LogP contribution in [0.25, 0.3) is 5.70 Å². The van der Waals surface area contributed by atoms with E-state index in [1.807, 2.05) is 4.57 Å². The first-order chi connectivity index (χ1) is 15.3. The third-order valence-electron chi connectivity index (χ3n) is 5.18. The first-order valence-electron chi connectivity index (χ1n) is 10.1. The summed E-state index contributed by atoms with van der Waals surface area (Å²) in [5.74, 6) is -1.01. The van der Waals surface area contributed by atoms with E-state index in [1.165, 1.54) is 34.9 Å². The van der Waals surface area contributed by atoms with Crippen LogP contribution in [0.1, 0.15) is 40.5 Å². The second-order valence-corrected chi connectivity index (χ2v) is 9.52. The van der Waals surface area contributed by atoms with Gasteiger partial charge in [-0.15, -0.1) is 0 Å². The molecule has 1 aromatic heterocycles. The van der Waals surface area contributed by atoms with Crippen LogP contribution in [-0.4, -0.2) is 24.6 Å². The molecule has 1 aliphatic carbocycles. The second kappa shape index (κ2) is 8.72. The zero-order valence-corrected chi connectivity index (χ0v) is 18.9. The molecule has 164 valence electrons. The molecular formula is C23H21ClN3O4S+. The molecule has 3 aromatic rings. The van der Waals surface area contributed by atoms with E-state index in [-0.39, 0.29) is 27.4 Å². The van der Waals surface area contributed by atoms with Crippen molar-refractivity contribution in [3.63, 3.8) is 0 Å². The highest BCUT2D eigenvalue weighted by Crippen LogP contribution is 2.29. The number of hydrogen-bond donors (Lipinski definition) is 1. The quantitative estimate of drug-likeness (QED) is 0.535. The van der Waals surface area contributed by atoms with E-state index in [0.717, 1.165) is 19.4 Å². The van der Waals surface area contributed by atoms with E-state index >= 15 is 0 Å². The number of nitrogens with one attached hydrogen (secondary N) is 1. The molecule has 1 heterocycles. The van der Waals surface area contributed by atoms with Crippen LogP contribution in [0.15, 0.2) is 77.8 Å². The monoisotopic (exact) mass is 470 g/mol. The van der Waals surface area contributed by atoms with Crippen LogP contribution in [0.3, 0.4) is 0 Å². The molecule has 0 radical (unpaired) electrons. The lowest BCUT2D eigenvalue weighted by atomic mass is 9.90. The molecule has 1 N–H and O–H groups in total. The van der Waals surface area contributed by atoms with Crippen molar-refractivity contribution in [2.75, 3.05) is 0 Å². The molecule has 0 fully saturated rings. The Morgan fingerprint density at radius 3 is 2.31 bits per heavy atom. The molecule has 32 heavy (non-hydrogen) atoms. The van der Waals surface area contributed by atoms with Crippen LogP contribution in [0.4, 0.5) is 0 Å². The number of carbonyl (C=O) groups excluding carboxylic acids is 2. The number of fused-ring (bicyclic) bond motifs is 1. The molecule has 0 saturated carbocycles. The number of aromatic nitrogens is 2. The third-order valence-corrected chi connectivity index (χ3v) is 6.79. The summed E-state index contributed by atoms with van der Waals surface area (Å²) in [4.78, 5) is 26.6. The summed E-state index contributed by atoms with van der Waals surface area (Å²) in [7, 11) is -4.14. The molecule has 0 atom stereocenters. The molecule has 0 bridgehead atoms. The van der Waals surface area contributed by atoms with Crippen LogP contribution >= 0.6 is 11.6 Å². The number of carbonyl (C=O) groups is 2. The van der Waals surface area contributed by atoms with E-state index in [1.54, 1.807) is 36.9 Å². The number of rotatable bonds is 7. The molecule has 9 heteroatoms. The predicted octanol–water partition coefficient (Wildman–Crippen LogP) is 3.46. The van der Waals surface area contributed by atoms with Crippen molar-refractivity contribution in [3.05, 3.63) is 89.1 Å². The lowest BCUT2D eigenvalue weighted by molar-refractivity contribution is -0.696. The van der Waals surface area contributed by atoms with Crippen LogP contribution in [0, 0.1) is 0 Å². The fourth-order valence-corrected chi connectivity index (χ4v) is 4.71. The Kier molecular flexibility index (Phi) is 5.99. The zero-order chi connectivity index (χ0) is 22.9. The van der Waals surface area contributed by atoms with Crippen LogP contribution < -0.4 is 9.29 Å². The van der Waals surface area contributed by atoms with Gasteiger partial charge in [0, 0.05) is 16.1 Å². The van der Waals surface area contributed by atoms with Gasteiger partial charge < -0.3 is 0 Å². The van der Waals surface area contributed by atoms with E-state index in [9.17, 15) is 18.0 Å². The first kappa shape index (κ1) is 22.0. The van der Waals surface area contributed by atoms with Crippen molar-refractivity contribution in [2.24, 2.45) is 0 Å². The number of aryl methyl sites for hydroxylation is 1. The summed E-state index contributed by atoms with van der Waals surface area (Å²) in [6.45, 7) is 2.81. The Bertz CT molecular complexity index is 1340. The van der Waals surface area contributed by atoms with E-state index < -0.39 is 21.6 Å². The molecule has 1 aliphatic rings. The molecule has 0 saturated heterocycles. The maximum absolute atomic E-state index is 13.4. The highest BCUT2D eigenvalue weighted by atomic mass is 35.5. The molecule has 2 aromatic carbocycles. The van der Waals surface area contributed by atoms with E-state index in [0.29, 0.717) is 5.02 Å². The van der Waals surface area contributed by atoms with Crippen LogP contribution in [0.2, 0.25) is 5.02 Å². The minimum atomic E-state index is -4.14. The number of nitrogens with zero attached hydrogens (tertiary/aromatic N) is 2. The highest BCUT2D eigenvalue weighted by Gasteiger charge is 2.38. The zero-order valence-electron chi connectivity index (χ0n) is 17.3. The van der Waals surface area contributed by atoms with Crippen molar-refractivity contribution in [1.29, 1.82) is 0 Å². The Morgan fingerprint density at radius 1 is 1.00 bits per heavy atom. The maximum atomic E-state index is 13.4. The standard InChI is InChI=1S/C23H20ClN3O4S/c1-2-3-12-26-13-14-27(15-26)21-20(22(28)18-6-4-5-7-19(18)23(21)29)25-32(30,31)17-10-8-16(24)9-11-17/h4-11,13-15H,2-3,12H2,1H3/p+1. The summed E-state index contributed by atoms with van der Waals surface area (Å²) in [6.07, 6.45) is 7.05. The fourth-order valence-electron chi connectivity index (χ4n) is 3.51. The van der Waals surface area contributed by atoms with Gasteiger partial charge in [0.2, 0.25) is 23.6 Å². The molecule has 4 rings (SSSR count). The average Bonchev–Trinajstić information content (AvgIpc) is 3.24. The Hall–Kier alpha value is -3.23.